The van der Waals surface area contributed by atoms with E-state index >= 15 is 0 Å². The van der Waals surface area contributed by atoms with Crippen LogP contribution in [0.4, 0.5) is 0 Å². The Labute approximate surface area is 175 Å². The van der Waals surface area contributed by atoms with Gasteiger partial charge in [-0.25, -0.2) is 0 Å². The molecule has 1 saturated heterocycles. The van der Waals surface area contributed by atoms with Crippen LogP contribution in [0.2, 0.25) is 0 Å². The monoisotopic (exact) mass is 400 g/mol. The van der Waals surface area contributed by atoms with Crippen LogP contribution < -0.4 is 4.74 Å². The molecule has 1 saturated carbocycles. The van der Waals surface area contributed by atoms with Crippen molar-refractivity contribution in [3.05, 3.63) is 29.8 Å². The number of amides is 2. The predicted octanol–water partition coefficient (Wildman–Crippen LogP) is 4.05. The number of rotatable bonds is 7. The van der Waals surface area contributed by atoms with Gasteiger partial charge in [0.25, 0.3) is 0 Å². The minimum atomic E-state index is 0.144. The van der Waals surface area contributed by atoms with Crippen LogP contribution in [0.15, 0.2) is 24.3 Å². The Morgan fingerprint density at radius 3 is 2.21 bits per heavy atom. The molecule has 0 spiro atoms. The highest BCUT2D eigenvalue weighted by Crippen LogP contribution is 2.27. The first kappa shape index (κ1) is 21.7. The molecule has 0 atom stereocenters. The highest BCUT2D eigenvalue weighted by Gasteiger charge is 2.23. The van der Waals surface area contributed by atoms with Gasteiger partial charge in [-0.15, -0.1) is 0 Å². The molecule has 2 aliphatic rings. The van der Waals surface area contributed by atoms with E-state index in [2.05, 4.69) is 0 Å². The SMILES string of the molecule is CCOc1ccc(CC(=O)N2CCCN(C(=O)CCC3CCCCC3)CC2)cc1. The summed E-state index contributed by atoms with van der Waals surface area (Å²) in [5.41, 5.74) is 1.00. The first-order chi connectivity index (χ1) is 14.2. The van der Waals surface area contributed by atoms with E-state index < -0.39 is 0 Å². The van der Waals surface area contributed by atoms with E-state index in [1.807, 2.05) is 41.0 Å². The summed E-state index contributed by atoms with van der Waals surface area (Å²) in [6.07, 6.45) is 9.58. The topological polar surface area (TPSA) is 49.9 Å². The lowest BCUT2D eigenvalue weighted by atomic mass is 9.86. The highest BCUT2D eigenvalue weighted by molar-refractivity contribution is 5.79. The van der Waals surface area contributed by atoms with Gasteiger partial charge >= 0.3 is 0 Å². The zero-order valence-corrected chi connectivity index (χ0v) is 17.9. The molecular formula is C24H36N2O3. The fourth-order valence-electron chi connectivity index (χ4n) is 4.53. The van der Waals surface area contributed by atoms with Crippen molar-refractivity contribution >= 4 is 11.8 Å². The van der Waals surface area contributed by atoms with E-state index in [0.717, 1.165) is 43.2 Å². The van der Waals surface area contributed by atoms with Gasteiger partial charge in [-0.1, -0.05) is 44.2 Å². The summed E-state index contributed by atoms with van der Waals surface area (Å²) in [5, 5.41) is 0. The molecule has 2 fully saturated rings. The summed E-state index contributed by atoms with van der Waals surface area (Å²) in [7, 11) is 0. The third-order valence-corrected chi connectivity index (χ3v) is 6.28. The summed E-state index contributed by atoms with van der Waals surface area (Å²) >= 11 is 0. The Hall–Kier alpha value is -2.04. The number of ether oxygens (including phenoxy) is 1. The minimum absolute atomic E-state index is 0.144. The second-order valence-electron chi connectivity index (χ2n) is 8.41. The van der Waals surface area contributed by atoms with Crippen molar-refractivity contribution in [2.75, 3.05) is 32.8 Å². The fourth-order valence-corrected chi connectivity index (χ4v) is 4.53. The van der Waals surface area contributed by atoms with E-state index in [9.17, 15) is 9.59 Å². The van der Waals surface area contributed by atoms with Crippen molar-refractivity contribution in [3.8, 4) is 5.75 Å². The average Bonchev–Trinajstić information content (AvgIpc) is 3.01. The number of hydrogen-bond acceptors (Lipinski definition) is 3. The van der Waals surface area contributed by atoms with Crippen LogP contribution in [-0.2, 0) is 16.0 Å². The van der Waals surface area contributed by atoms with Crippen LogP contribution in [0.3, 0.4) is 0 Å². The number of hydrogen-bond donors (Lipinski definition) is 0. The van der Waals surface area contributed by atoms with Gasteiger partial charge in [-0.3, -0.25) is 9.59 Å². The molecular weight excluding hydrogens is 364 g/mol. The van der Waals surface area contributed by atoms with Gasteiger partial charge in [-0.2, -0.15) is 0 Å². The maximum Gasteiger partial charge on any atom is 0.227 e. The van der Waals surface area contributed by atoms with Crippen LogP contribution >= 0.6 is 0 Å². The quantitative estimate of drug-likeness (QED) is 0.694. The molecule has 5 heteroatoms. The van der Waals surface area contributed by atoms with Gasteiger partial charge in [0.1, 0.15) is 5.75 Å². The number of carbonyl (C=O) groups excluding carboxylic acids is 2. The van der Waals surface area contributed by atoms with Crippen LogP contribution in [0.5, 0.6) is 5.75 Å². The maximum absolute atomic E-state index is 12.7. The molecule has 1 aromatic carbocycles. The summed E-state index contributed by atoms with van der Waals surface area (Å²) in [6.45, 7) is 5.42. The standard InChI is InChI=1S/C24H36N2O3/c1-2-29-22-12-9-21(10-13-22)19-24(28)26-16-6-15-25(17-18-26)23(27)14-11-20-7-4-3-5-8-20/h9-10,12-13,20H,2-8,11,14-19H2,1H3. The molecule has 0 radical (unpaired) electrons. The molecule has 0 bridgehead atoms. The van der Waals surface area contributed by atoms with Crippen molar-refractivity contribution in [2.45, 2.75) is 64.7 Å². The molecule has 2 amide bonds. The molecule has 5 nitrogen and oxygen atoms in total. The van der Waals surface area contributed by atoms with Gasteiger partial charge < -0.3 is 14.5 Å². The molecule has 0 unspecified atom stereocenters. The van der Waals surface area contributed by atoms with Gasteiger partial charge in [0.05, 0.1) is 13.0 Å². The lowest BCUT2D eigenvalue weighted by molar-refractivity contribution is -0.133. The normalized spacial score (nSPS) is 18.4. The molecule has 1 aliphatic heterocycles. The summed E-state index contributed by atoms with van der Waals surface area (Å²) in [4.78, 5) is 29.3. The van der Waals surface area contributed by atoms with Gasteiger partial charge in [-0.05, 0) is 43.4 Å². The fraction of sp³-hybridized carbons (Fsp3) is 0.667. The summed E-state index contributed by atoms with van der Waals surface area (Å²) in [5.74, 6) is 2.00. The Kier molecular flexibility index (Phi) is 8.38. The number of benzene rings is 1. The first-order valence-corrected chi connectivity index (χ1v) is 11.4. The van der Waals surface area contributed by atoms with Crippen LogP contribution in [0.1, 0.15) is 63.9 Å². The molecule has 1 aliphatic carbocycles. The Balaban J connectivity index is 1.43. The summed E-state index contributed by atoms with van der Waals surface area (Å²) < 4.78 is 5.46. The Morgan fingerprint density at radius 1 is 0.897 bits per heavy atom. The number of nitrogens with zero attached hydrogens (tertiary/aromatic N) is 2. The van der Waals surface area contributed by atoms with Gasteiger partial charge in [0, 0.05) is 32.6 Å². The van der Waals surface area contributed by atoms with E-state index in [1.54, 1.807) is 0 Å². The molecule has 29 heavy (non-hydrogen) atoms. The smallest absolute Gasteiger partial charge is 0.227 e. The van der Waals surface area contributed by atoms with Crippen LogP contribution in [0.25, 0.3) is 0 Å². The number of carbonyl (C=O) groups is 2. The Morgan fingerprint density at radius 2 is 1.55 bits per heavy atom. The molecule has 160 valence electrons. The van der Waals surface area contributed by atoms with E-state index in [-0.39, 0.29) is 11.8 Å². The largest absolute Gasteiger partial charge is 0.494 e. The van der Waals surface area contributed by atoms with Crippen molar-refractivity contribution in [1.29, 1.82) is 0 Å². The first-order valence-electron chi connectivity index (χ1n) is 11.4. The predicted molar refractivity (Wildman–Crippen MR) is 115 cm³/mol. The molecule has 0 N–H and O–H groups in total. The second kappa shape index (κ2) is 11.2. The van der Waals surface area contributed by atoms with E-state index in [0.29, 0.717) is 32.5 Å². The highest BCUT2D eigenvalue weighted by atomic mass is 16.5. The molecule has 1 heterocycles. The second-order valence-corrected chi connectivity index (χ2v) is 8.41. The van der Waals surface area contributed by atoms with Crippen molar-refractivity contribution in [1.82, 2.24) is 9.80 Å². The van der Waals surface area contributed by atoms with Gasteiger partial charge in [0.2, 0.25) is 11.8 Å². The van der Waals surface area contributed by atoms with Crippen LogP contribution in [-0.4, -0.2) is 54.4 Å². The van der Waals surface area contributed by atoms with Crippen molar-refractivity contribution < 1.29 is 14.3 Å². The zero-order valence-electron chi connectivity index (χ0n) is 17.9. The lowest BCUT2D eigenvalue weighted by Gasteiger charge is -2.24. The maximum atomic E-state index is 12.7. The minimum Gasteiger partial charge on any atom is -0.494 e. The van der Waals surface area contributed by atoms with E-state index in [4.69, 9.17) is 4.74 Å². The van der Waals surface area contributed by atoms with Crippen molar-refractivity contribution in [3.63, 3.8) is 0 Å². The zero-order chi connectivity index (χ0) is 20.5. The lowest BCUT2D eigenvalue weighted by Crippen LogP contribution is -2.38. The third-order valence-electron chi connectivity index (χ3n) is 6.28. The summed E-state index contributed by atoms with van der Waals surface area (Å²) in [6, 6.07) is 7.76. The van der Waals surface area contributed by atoms with Crippen LogP contribution in [0, 0.1) is 5.92 Å². The third kappa shape index (κ3) is 6.76. The van der Waals surface area contributed by atoms with Crippen molar-refractivity contribution in [2.24, 2.45) is 5.92 Å². The van der Waals surface area contributed by atoms with E-state index in [1.165, 1.54) is 32.1 Å². The molecule has 0 aromatic heterocycles. The average molecular weight is 401 g/mol. The molecule has 1 aromatic rings. The molecule has 3 rings (SSSR count). The van der Waals surface area contributed by atoms with Gasteiger partial charge in [0.15, 0.2) is 0 Å². The Bertz CT molecular complexity index is 653.